The van der Waals surface area contributed by atoms with Gasteiger partial charge in [0.05, 0.1) is 5.02 Å². The van der Waals surface area contributed by atoms with E-state index in [0.29, 0.717) is 0 Å². The van der Waals surface area contributed by atoms with E-state index in [1.807, 2.05) is 0 Å². The van der Waals surface area contributed by atoms with Gasteiger partial charge in [0.2, 0.25) is 0 Å². The molecule has 0 aliphatic rings. The van der Waals surface area contributed by atoms with Gasteiger partial charge in [-0.1, -0.05) is 11.6 Å². The normalized spacial score (nSPS) is 10.4. The number of phenols is 2. The Balaban J connectivity index is 2.64. The van der Waals surface area contributed by atoms with Crippen molar-refractivity contribution in [1.29, 1.82) is 0 Å². The van der Waals surface area contributed by atoms with E-state index in [1.54, 1.807) is 0 Å². The molecule has 1 aromatic carbocycles. The Morgan fingerprint density at radius 2 is 2.00 bits per heavy atom. The third-order valence-electron chi connectivity index (χ3n) is 2.19. The van der Waals surface area contributed by atoms with Gasteiger partial charge in [0.15, 0.2) is 0 Å². The Morgan fingerprint density at radius 3 is 2.65 bits per heavy atom. The maximum absolute atomic E-state index is 10.9. The number of aromatic carboxylic acids is 1. The number of carboxylic acids is 1. The number of H-pyrrole nitrogens is 1. The molecule has 1 heterocycles. The molecule has 0 aliphatic carbocycles. The summed E-state index contributed by atoms with van der Waals surface area (Å²) in [5, 5.41) is 33.9. The Labute approximate surface area is 100 Å². The summed E-state index contributed by atoms with van der Waals surface area (Å²) in [6.07, 6.45) is 1.19. The van der Waals surface area contributed by atoms with Crippen molar-refractivity contribution >= 4 is 17.6 Å². The molecule has 0 fully saturated rings. The van der Waals surface area contributed by atoms with Crippen molar-refractivity contribution < 1.29 is 20.1 Å². The van der Waals surface area contributed by atoms with E-state index >= 15 is 0 Å². The first-order valence-corrected chi connectivity index (χ1v) is 4.87. The van der Waals surface area contributed by atoms with Crippen LogP contribution in [0.4, 0.5) is 0 Å². The van der Waals surface area contributed by atoms with E-state index < -0.39 is 5.97 Å². The third kappa shape index (κ3) is 1.90. The summed E-state index contributed by atoms with van der Waals surface area (Å²) < 4.78 is 0. The second-order valence-electron chi connectivity index (χ2n) is 3.27. The van der Waals surface area contributed by atoms with Crippen LogP contribution in [0, 0.1) is 0 Å². The first kappa shape index (κ1) is 11.3. The highest BCUT2D eigenvalue weighted by Gasteiger charge is 2.18. The van der Waals surface area contributed by atoms with Gasteiger partial charge in [-0.2, -0.15) is 5.10 Å². The van der Waals surface area contributed by atoms with Crippen molar-refractivity contribution in [3.05, 3.63) is 28.9 Å². The van der Waals surface area contributed by atoms with Gasteiger partial charge in [-0.05, 0) is 6.07 Å². The summed E-state index contributed by atoms with van der Waals surface area (Å²) in [5.41, 5.74) is 0.0883. The van der Waals surface area contributed by atoms with Crippen molar-refractivity contribution in [3.8, 4) is 22.8 Å². The number of phenolic OH excluding ortho intramolecular Hbond substituents is 2. The standard InChI is InChI=1S/C10H7ClN2O4/c11-6-1-4(7(14)2-8(6)15)9-5(10(16)17)3-12-13-9/h1-3,14-15H,(H,12,13)(H,16,17). The molecule has 4 N–H and O–H groups in total. The van der Waals surface area contributed by atoms with Crippen LogP contribution in [0.15, 0.2) is 18.3 Å². The molecule has 88 valence electrons. The lowest BCUT2D eigenvalue weighted by Gasteiger charge is -2.05. The fraction of sp³-hybridized carbons (Fsp3) is 0. The Hall–Kier alpha value is -2.21. The lowest BCUT2D eigenvalue weighted by molar-refractivity contribution is 0.0698. The fourth-order valence-electron chi connectivity index (χ4n) is 1.40. The number of aromatic amines is 1. The number of nitrogens with one attached hydrogen (secondary N) is 1. The van der Waals surface area contributed by atoms with Crippen LogP contribution in [0.25, 0.3) is 11.3 Å². The van der Waals surface area contributed by atoms with Gasteiger partial charge in [0, 0.05) is 17.8 Å². The zero-order valence-electron chi connectivity index (χ0n) is 8.31. The number of aromatic hydroxyl groups is 2. The number of benzene rings is 1. The van der Waals surface area contributed by atoms with E-state index in [0.717, 1.165) is 6.07 Å². The number of carboxylic acid groups (broad SMARTS) is 1. The molecule has 0 bridgehead atoms. The van der Waals surface area contributed by atoms with E-state index in [4.69, 9.17) is 16.7 Å². The molecule has 0 radical (unpaired) electrons. The van der Waals surface area contributed by atoms with Crippen molar-refractivity contribution in [2.24, 2.45) is 0 Å². The van der Waals surface area contributed by atoms with Gasteiger partial charge in [-0.25, -0.2) is 4.79 Å². The van der Waals surface area contributed by atoms with Crippen LogP contribution in [0.5, 0.6) is 11.5 Å². The number of rotatable bonds is 2. The SMILES string of the molecule is O=C(O)c1c[nH]nc1-c1cc(Cl)c(O)cc1O. The van der Waals surface area contributed by atoms with Crippen LogP contribution in [0.1, 0.15) is 10.4 Å². The van der Waals surface area contributed by atoms with E-state index in [1.165, 1.54) is 12.3 Å². The van der Waals surface area contributed by atoms with Crippen LogP contribution < -0.4 is 0 Å². The fourth-order valence-corrected chi connectivity index (χ4v) is 1.56. The molecule has 7 heteroatoms. The molecular weight excluding hydrogens is 248 g/mol. The van der Waals surface area contributed by atoms with Crippen molar-refractivity contribution in [2.75, 3.05) is 0 Å². The highest BCUT2D eigenvalue weighted by atomic mass is 35.5. The molecule has 0 spiro atoms. The molecule has 2 rings (SSSR count). The lowest BCUT2D eigenvalue weighted by atomic mass is 10.1. The molecule has 0 aliphatic heterocycles. The number of aromatic nitrogens is 2. The van der Waals surface area contributed by atoms with Crippen molar-refractivity contribution in [1.82, 2.24) is 10.2 Å². The molecule has 0 atom stereocenters. The average Bonchev–Trinajstić information content (AvgIpc) is 2.72. The maximum atomic E-state index is 10.9. The highest BCUT2D eigenvalue weighted by Crippen LogP contribution is 2.37. The molecule has 1 aromatic heterocycles. The summed E-state index contributed by atoms with van der Waals surface area (Å²) in [5.74, 6) is -1.78. The minimum atomic E-state index is -1.18. The number of carbonyl (C=O) groups is 1. The lowest BCUT2D eigenvalue weighted by Crippen LogP contribution is -1.96. The number of hydrogen-bond acceptors (Lipinski definition) is 4. The predicted molar refractivity (Wildman–Crippen MR) is 59.3 cm³/mol. The molecule has 0 saturated carbocycles. The van der Waals surface area contributed by atoms with Gasteiger partial charge in [0.25, 0.3) is 0 Å². The molecule has 2 aromatic rings. The first-order valence-electron chi connectivity index (χ1n) is 4.49. The smallest absolute Gasteiger partial charge is 0.339 e. The van der Waals surface area contributed by atoms with Crippen LogP contribution >= 0.6 is 11.6 Å². The van der Waals surface area contributed by atoms with Gasteiger partial charge < -0.3 is 15.3 Å². The highest BCUT2D eigenvalue weighted by molar-refractivity contribution is 6.32. The van der Waals surface area contributed by atoms with Crippen LogP contribution in [-0.2, 0) is 0 Å². The van der Waals surface area contributed by atoms with Gasteiger partial charge >= 0.3 is 5.97 Å². The third-order valence-corrected chi connectivity index (χ3v) is 2.49. The molecule has 17 heavy (non-hydrogen) atoms. The number of hydrogen-bond donors (Lipinski definition) is 4. The van der Waals surface area contributed by atoms with E-state index in [-0.39, 0.29) is 33.3 Å². The summed E-state index contributed by atoms with van der Waals surface area (Å²) in [7, 11) is 0. The largest absolute Gasteiger partial charge is 0.507 e. The Bertz CT molecular complexity index is 594. The summed E-state index contributed by atoms with van der Waals surface area (Å²) >= 11 is 5.69. The zero-order chi connectivity index (χ0) is 12.6. The molecule has 0 saturated heterocycles. The number of nitrogens with zero attached hydrogens (tertiary/aromatic N) is 1. The van der Waals surface area contributed by atoms with Crippen molar-refractivity contribution in [2.45, 2.75) is 0 Å². The minimum Gasteiger partial charge on any atom is -0.507 e. The summed E-state index contributed by atoms with van der Waals surface area (Å²) in [6, 6.07) is 2.27. The Kier molecular flexibility index (Phi) is 2.64. The van der Waals surface area contributed by atoms with Gasteiger partial charge in [-0.15, -0.1) is 0 Å². The summed E-state index contributed by atoms with van der Waals surface area (Å²) in [4.78, 5) is 10.9. The van der Waals surface area contributed by atoms with Crippen molar-refractivity contribution in [3.63, 3.8) is 0 Å². The Morgan fingerprint density at radius 1 is 1.29 bits per heavy atom. The summed E-state index contributed by atoms with van der Waals surface area (Å²) in [6.45, 7) is 0. The monoisotopic (exact) mass is 254 g/mol. The first-order chi connectivity index (χ1) is 8.00. The van der Waals surface area contributed by atoms with Crippen LogP contribution in [0.3, 0.4) is 0 Å². The van der Waals surface area contributed by atoms with Gasteiger partial charge in [0.1, 0.15) is 22.8 Å². The van der Waals surface area contributed by atoms with Crippen LogP contribution in [-0.4, -0.2) is 31.5 Å². The molecular formula is C10H7ClN2O4. The number of halogens is 1. The average molecular weight is 255 g/mol. The van der Waals surface area contributed by atoms with E-state index in [2.05, 4.69) is 10.2 Å². The van der Waals surface area contributed by atoms with E-state index in [9.17, 15) is 15.0 Å². The molecule has 0 unspecified atom stereocenters. The molecule has 0 amide bonds. The van der Waals surface area contributed by atoms with Gasteiger partial charge in [-0.3, -0.25) is 5.10 Å². The zero-order valence-corrected chi connectivity index (χ0v) is 9.06. The quantitative estimate of drug-likeness (QED) is 0.654. The topological polar surface area (TPSA) is 106 Å². The minimum absolute atomic E-state index is 0.00265. The van der Waals surface area contributed by atoms with Crippen LogP contribution in [0.2, 0.25) is 5.02 Å². The maximum Gasteiger partial charge on any atom is 0.339 e. The predicted octanol–water partition coefficient (Wildman–Crippen LogP) is 1.84. The molecule has 6 nitrogen and oxygen atoms in total. The second kappa shape index (κ2) is 3.99. The second-order valence-corrected chi connectivity index (χ2v) is 3.68.